The number of pyridine rings is 1. The summed E-state index contributed by atoms with van der Waals surface area (Å²) < 4.78 is 1.39. The summed E-state index contributed by atoms with van der Waals surface area (Å²) in [5.74, 6) is -0.298. The van der Waals surface area contributed by atoms with Crippen molar-refractivity contribution in [1.82, 2.24) is 4.57 Å². The summed E-state index contributed by atoms with van der Waals surface area (Å²) in [6.45, 7) is 1.94. The monoisotopic (exact) mass is 292 g/mol. The van der Waals surface area contributed by atoms with Crippen LogP contribution >= 0.6 is 0 Å². The molecule has 3 aromatic rings. The molecule has 2 aromatic carbocycles. The normalized spacial score (nSPS) is 10.6. The van der Waals surface area contributed by atoms with E-state index in [2.05, 4.69) is 5.32 Å². The molecule has 4 heteroatoms. The van der Waals surface area contributed by atoms with Gasteiger partial charge >= 0.3 is 0 Å². The molecule has 0 spiro atoms. The zero-order chi connectivity index (χ0) is 15.7. The van der Waals surface area contributed by atoms with E-state index in [4.69, 9.17) is 0 Å². The number of aryl methyl sites for hydroxylation is 1. The van der Waals surface area contributed by atoms with Crippen LogP contribution in [0.25, 0.3) is 10.8 Å². The lowest BCUT2D eigenvalue weighted by atomic mass is 10.1. The van der Waals surface area contributed by atoms with E-state index in [9.17, 15) is 9.59 Å². The van der Waals surface area contributed by atoms with Crippen LogP contribution in [0, 0.1) is 6.92 Å². The Bertz CT molecular complexity index is 912. The van der Waals surface area contributed by atoms with Crippen molar-refractivity contribution in [3.8, 4) is 0 Å². The second kappa shape index (κ2) is 5.48. The fraction of sp³-hybridized carbons (Fsp3) is 0.111. The number of carbonyl (C=O) groups excluding carboxylic acids is 1. The van der Waals surface area contributed by atoms with E-state index < -0.39 is 0 Å². The van der Waals surface area contributed by atoms with Gasteiger partial charge in [-0.2, -0.15) is 0 Å². The van der Waals surface area contributed by atoms with Crippen molar-refractivity contribution >= 4 is 22.4 Å². The number of hydrogen-bond donors (Lipinski definition) is 1. The van der Waals surface area contributed by atoms with Crippen LogP contribution in [0.1, 0.15) is 16.1 Å². The predicted octanol–water partition coefficient (Wildman–Crippen LogP) is 3.10. The zero-order valence-corrected chi connectivity index (χ0v) is 12.5. The lowest BCUT2D eigenvalue weighted by Crippen LogP contribution is -2.26. The molecule has 110 valence electrons. The van der Waals surface area contributed by atoms with Crippen molar-refractivity contribution in [1.29, 1.82) is 0 Å². The smallest absolute Gasteiger partial charge is 0.272 e. The van der Waals surface area contributed by atoms with Gasteiger partial charge in [0.05, 0.1) is 0 Å². The molecule has 0 saturated heterocycles. The number of hydrogen-bond acceptors (Lipinski definition) is 2. The Balaban J connectivity index is 2.07. The highest BCUT2D eigenvalue weighted by atomic mass is 16.2. The Labute approximate surface area is 128 Å². The Morgan fingerprint density at radius 3 is 2.50 bits per heavy atom. The van der Waals surface area contributed by atoms with E-state index >= 15 is 0 Å². The van der Waals surface area contributed by atoms with Gasteiger partial charge in [0.15, 0.2) is 0 Å². The summed E-state index contributed by atoms with van der Waals surface area (Å²) >= 11 is 0. The fourth-order valence-corrected chi connectivity index (χ4v) is 2.45. The van der Waals surface area contributed by atoms with Gasteiger partial charge in [-0.25, -0.2) is 0 Å². The van der Waals surface area contributed by atoms with Gasteiger partial charge in [-0.15, -0.1) is 0 Å². The first-order chi connectivity index (χ1) is 10.6. The fourth-order valence-electron chi connectivity index (χ4n) is 2.45. The Hall–Kier alpha value is -2.88. The molecule has 1 aromatic heterocycles. The van der Waals surface area contributed by atoms with Gasteiger partial charge in [-0.1, -0.05) is 35.9 Å². The molecule has 4 nitrogen and oxygen atoms in total. The van der Waals surface area contributed by atoms with Crippen molar-refractivity contribution in [2.75, 3.05) is 5.32 Å². The molecule has 0 fully saturated rings. The van der Waals surface area contributed by atoms with Crippen LogP contribution in [0.5, 0.6) is 0 Å². The average Bonchev–Trinajstić information content (AvgIpc) is 2.52. The number of benzene rings is 2. The third-order valence-electron chi connectivity index (χ3n) is 3.66. The summed E-state index contributed by atoms with van der Waals surface area (Å²) in [4.78, 5) is 24.9. The minimum Gasteiger partial charge on any atom is -0.321 e. The van der Waals surface area contributed by atoms with Crippen LogP contribution in [0.4, 0.5) is 5.69 Å². The predicted molar refractivity (Wildman–Crippen MR) is 88.3 cm³/mol. The summed E-state index contributed by atoms with van der Waals surface area (Å²) in [6.07, 6.45) is 0. The van der Waals surface area contributed by atoms with Gasteiger partial charge in [-0.3, -0.25) is 9.59 Å². The first-order valence-corrected chi connectivity index (χ1v) is 7.03. The van der Waals surface area contributed by atoms with E-state index in [-0.39, 0.29) is 11.5 Å². The van der Waals surface area contributed by atoms with Crippen LogP contribution in [0.15, 0.2) is 59.4 Å². The molecule has 0 radical (unpaired) electrons. The Morgan fingerprint density at radius 2 is 1.77 bits per heavy atom. The second-order valence-corrected chi connectivity index (χ2v) is 5.30. The SMILES string of the molecule is Cc1ccc2cc(C(=O)Nc3ccccc3)n(C)c(=O)c2c1. The van der Waals surface area contributed by atoms with E-state index in [0.717, 1.165) is 10.9 Å². The second-order valence-electron chi connectivity index (χ2n) is 5.30. The number of amides is 1. The standard InChI is InChI=1S/C18H16N2O2/c1-12-8-9-13-11-16(20(2)18(22)15(13)10-12)17(21)19-14-6-4-3-5-7-14/h3-11H,1-2H3,(H,19,21). The number of rotatable bonds is 2. The van der Waals surface area contributed by atoms with Crippen molar-refractivity contribution in [2.45, 2.75) is 6.92 Å². The van der Waals surface area contributed by atoms with Crippen molar-refractivity contribution in [2.24, 2.45) is 7.05 Å². The molecule has 1 amide bonds. The number of nitrogens with zero attached hydrogens (tertiary/aromatic N) is 1. The van der Waals surface area contributed by atoms with Gasteiger partial charge in [0.25, 0.3) is 11.5 Å². The van der Waals surface area contributed by atoms with Crippen molar-refractivity contribution in [3.63, 3.8) is 0 Å². The van der Waals surface area contributed by atoms with E-state index in [1.807, 2.05) is 43.3 Å². The highest BCUT2D eigenvalue weighted by molar-refractivity contribution is 6.05. The average molecular weight is 292 g/mol. The highest BCUT2D eigenvalue weighted by Crippen LogP contribution is 2.15. The molecule has 0 aliphatic carbocycles. The number of nitrogens with one attached hydrogen (secondary N) is 1. The lowest BCUT2D eigenvalue weighted by molar-refractivity contribution is 0.101. The largest absolute Gasteiger partial charge is 0.321 e. The molecular formula is C18H16N2O2. The van der Waals surface area contributed by atoms with Gasteiger partial charge in [-0.05, 0) is 36.6 Å². The van der Waals surface area contributed by atoms with Crippen molar-refractivity contribution in [3.05, 3.63) is 76.2 Å². The molecule has 0 unspecified atom stereocenters. The first-order valence-electron chi connectivity index (χ1n) is 7.03. The molecule has 0 saturated carbocycles. The van der Waals surface area contributed by atoms with Crippen LogP contribution in [-0.2, 0) is 7.05 Å². The van der Waals surface area contributed by atoms with Crippen LogP contribution < -0.4 is 10.9 Å². The molecule has 0 atom stereocenters. The maximum absolute atomic E-state index is 12.4. The lowest BCUT2D eigenvalue weighted by Gasteiger charge is -2.11. The Morgan fingerprint density at radius 1 is 1.05 bits per heavy atom. The van der Waals surface area contributed by atoms with E-state index in [1.165, 1.54) is 4.57 Å². The first kappa shape index (κ1) is 14.1. The molecule has 0 aliphatic rings. The van der Waals surface area contributed by atoms with Crippen LogP contribution in [-0.4, -0.2) is 10.5 Å². The third kappa shape index (κ3) is 2.51. The number of carbonyl (C=O) groups is 1. The molecule has 1 heterocycles. The minimum absolute atomic E-state index is 0.167. The summed E-state index contributed by atoms with van der Waals surface area (Å²) in [5, 5.41) is 4.20. The molecule has 0 aliphatic heterocycles. The number of fused-ring (bicyclic) bond motifs is 1. The molecular weight excluding hydrogens is 276 g/mol. The quantitative estimate of drug-likeness (QED) is 0.789. The Kier molecular flexibility index (Phi) is 3.51. The number of para-hydroxylation sites is 1. The summed E-state index contributed by atoms with van der Waals surface area (Å²) in [5.41, 5.74) is 1.89. The zero-order valence-electron chi connectivity index (χ0n) is 12.5. The maximum atomic E-state index is 12.4. The topological polar surface area (TPSA) is 51.1 Å². The number of aromatic nitrogens is 1. The summed E-state index contributed by atoms with van der Waals surface area (Å²) in [6, 6.07) is 16.6. The highest BCUT2D eigenvalue weighted by Gasteiger charge is 2.13. The minimum atomic E-state index is -0.298. The van der Waals surface area contributed by atoms with Gasteiger partial charge in [0, 0.05) is 18.1 Å². The molecule has 22 heavy (non-hydrogen) atoms. The van der Waals surface area contributed by atoms with Crippen LogP contribution in [0.3, 0.4) is 0 Å². The molecule has 3 rings (SSSR count). The maximum Gasteiger partial charge on any atom is 0.272 e. The molecule has 0 bridgehead atoms. The van der Waals surface area contributed by atoms with Crippen molar-refractivity contribution < 1.29 is 4.79 Å². The molecule has 1 N–H and O–H groups in total. The van der Waals surface area contributed by atoms with E-state index in [0.29, 0.717) is 16.8 Å². The van der Waals surface area contributed by atoms with Gasteiger partial charge < -0.3 is 9.88 Å². The van der Waals surface area contributed by atoms with Gasteiger partial charge in [0.1, 0.15) is 5.69 Å². The van der Waals surface area contributed by atoms with Gasteiger partial charge in [0.2, 0.25) is 0 Å². The third-order valence-corrected chi connectivity index (χ3v) is 3.66. The van der Waals surface area contributed by atoms with E-state index in [1.54, 1.807) is 25.2 Å². The summed E-state index contributed by atoms with van der Waals surface area (Å²) in [7, 11) is 1.62. The number of anilines is 1. The van der Waals surface area contributed by atoms with Crippen LogP contribution in [0.2, 0.25) is 0 Å².